The van der Waals surface area contributed by atoms with Gasteiger partial charge in [0.25, 0.3) is 5.91 Å². The highest BCUT2D eigenvalue weighted by Crippen LogP contribution is 2.30. The highest BCUT2D eigenvalue weighted by atomic mass is 19.1. The Balaban J connectivity index is 1.50. The number of hydrogen-bond donors (Lipinski definition) is 1. The molecule has 0 radical (unpaired) electrons. The van der Waals surface area contributed by atoms with Gasteiger partial charge in [-0.05, 0) is 66.1 Å². The first-order valence-electron chi connectivity index (χ1n) is 10.7. The number of nitrogens with zero attached hydrogens (tertiary/aromatic N) is 1. The van der Waals surface area contributed by atoms with Crippen molar-refractivity contribution in [1.29, 1.82) is 0 Å². The zero-order chi connectivity index (χ0) is 24.1. The molecule has 1 heterocycles. The number of nitrogens with one attached hydrogen (secondary N) is 1. The summed E-state index contributed by atoms with van der Waals surface area (Å²) >= 11 is 0. The van der Waals surface area contributed by atoms with Gasteiger partial charge in [0.2, 0.25) is 0 Å². The van der Waals surface area contributed by atoms with Crippen LogP contribution in [0.3, 0.4) is 0 Å². The van der Waals surface area contributed by atoms with Crippen molar-refractivity contribution in [2.24, 2.45) is 0 Å². The standard InChI is InChI=1S/C26H22F2N2O4/c1-2-33-24-14-18(8-11-23(24)34-16-19-4-3-5-21(28)12-19)13-22-25(31)30(26(32)29-22)15-17-6-9-20(27)10-7-17/h3-14H,2,15-16H2,1H3,(H,29,32)/b22-13+. The highest BCUT2D eigenvalue weighted by Gasteiger charge is 2.33. The topological polar surface area (TPSA) is 67.9 Å². The zero-order valence-corrected chi connectivity index (χ0v) is 18.4. The summed E-state index contributed by atoms with van der Waals surface area (Å²) in [6.45, 7) is 2.40. The Morgan fingerprint density at radius 2 is 1.68 bits per heavy atom. The van der Waals surface area contributed by atoms with E-state index in [1.54, 1.807) is 36.4 Å². The van der Waals surface area contributed by atoms with Crippen LogP contribution in [-0.2, 0) is 17.9 Å². The third-order valence-corrected chi connectivity index (χ3v) is 5.08. The molecular formula is C26H22F2N2O4. The third-order valence-electron chi connectivity index (χ3n) is 5.08. The molecule has 0 aromatic heterocycles. The Labute approximate surface area is 195 Å². The molecule has 3 aromatic carbocycles. The number of urea groups is 1. The van der Waals surface area contributed by atoms with E-state index < -0.39 is 17.8 Å². The number of halogens is 2. The molecule has 0 aliphatic carbocycles. The van der Waals surface area contributed by atoms with Crippen LogP contribution in [0.25, 0.3) is 6.08 Å². The smallest absolute Gasteiger partial charge is 0.329 e. The number of hydrogen-bond acceptors (Lipinski definition) is 4. The lowest BCUT2D eigenvalue weighted by Gasteiger charge is -2.13. The summed E-state index contributed by atoms with van der Waals surface area (Å²) in [4.78, 5) is 26.2. The number of carbonyl (C=O) groups is 2. The lowest BCUT2D eigenvalue weighted by molar-refractivity contribution is -0.123. The maximum Gasteiger partial charge on any atom is 0.329 e. The molecule has 1 N–H and O–H groups in total. The quantitative estimate of drug-likeness (QED) is 0.375. The van der Waals surface area contributed by atoms with E-state index in [1.165, 1.54) is 36.4 Å². The predicted molar refractivity (Wildman–Crippen MR) is 122 cm³/mol. The molecule has 1 saturated heterocycles. The van der Waals surface area contributed by atoms with Crippen molar-refractivity contribution in [2.75, 3.05) is 6.61 Å². The van der Waals surface area contributed by atoms with E-state index in [2.05, 4.69) is 5.32 Å². The van der Waals surface area contributed by atoms with Gasteiger partial charge in [0.05, 0.1) is 13.2 Å². The zero-order valence-electron chi connectivity index (χ0n) is 18.4. The monoisotopic (exact) mass is 464 g/mol. The SMILES string of the molecule is CCOc1cc(/C=C2/NC(=O)N(Cc3ccc(F)cc3)C2=O)ccc1OCc1cccc(F)c1. The van der Waals surface area contributed by atoms with Crippen LogP contribution in [0.4, 0.5) is 13.6 Å². The van der Waals surface area contributed by atoms with E-state index in [4.69, 9.17) is 9.47 Å². The second-order valence-electron chi connectivity index (χ2n) is 7.56. The van der Waals surface area contributed by atoms with Crippen LogP contribution in [0.2, 0.25) is 0 Å². The molecule has 8 heteroatoms. The molecular weight excluding hydrogens is 442 g/mol. The molecule has 0 bridgehead atoms. The fourth-order valence-electron chi connectivity index (χ4n) is 3.44. The van der Waals surface area contributed by atoms with Crippen molar-refractivity contribution in [3.05, 3.63) is 101 Å². The molecule has 174 valence electrons. The summed E-state index contributed by atoms with van der Waals surface area (Å²) < 4.78 is 38.0. The minimum absolute atomic E-state index is 0.0271. The fourth-order valence-corrected chi connectivity index (χ4v) is 3.44. The Bertz CT molecular complexity index is 1240. The van der Waals surface area contributed by atoms with Crippen molar-refractivity contribution < 1.29 is 27.8 Å². The van der Waals surface area contributed by atoms with E-state index in [0.29, 0.717) is 34.8 Å². The fraction of sp³-hybridized carbons (Fsp3) is 0.154. The van der Waals surface area contributed by atoms with Gasteiger partial charge in [0.1, 0.15) is 23.9 Å². The van der Waals surface area contributed by atoms with Crippen molar-refractivity contribution in [3.8, 4) is 11.5 Å². The summed E-state index contributed by atoms with van der Waals surface area (Å²) in [6.07, 6.45) is 1.55. The minimum Gasteiger partial charge on any atom is -0.490 e. The van der Waals surface area contributed by atoms with Gasteiger partial charge in [-0.2, -0.15) is 0 Å². The molecule has 0 atom stereocenters. The predicted octanol–water partition coefficient (Wildman–Crippen LogP) is 5.04. The van der Waals surface area contributed by atoms with E-state index in [9.17, 15) is 18.4 Å². The Morgan fingerprint density at radius 1 is 0.882 bits per heavy atom. The van der Waals surface area contributed by atoms with E-state index >= 15 is 0 Å². The number of rotatable bonds is 8. The first-order chi connectivity index (χ1) is 16.4. The van der Waals surface area contributed by atoms with Crippen molar-refractivity contribution >= 4 is 18.0 Å². The molecule has 6 nitrogen and oxygen atoms in total. The summed E-state index contributed by atoms with van der Waals surface area (Å²) in [5.41, 5.74) is 2.04. The van der Waals surface area contributed by atoms with Gasteiger partial charge in [0.15, 0.2) is 11.5 Å². The van der Waals surface area contributed by atoms with E-state index in [1.807, 2.05) is 6.92 Å². The highest BCUT2D eigenvalue weighted by molar-refractivity contribution is 6.13. The minimum atomic E-state index is -0.555. The van der Waals surface area contributed by atoms with Crippen molar-refractivity contribution in [2.45, 2.75) is 20.1 Å². The van der Waals surface area contributed by atoms with Gasteiger partial charge in [-0.15, -0.1) is 0 Å². The summed E-state index contributed by atoms with van der Waals surface area (Å²) in [5.74, 6) is -0.306. The van der Waals surface area contributed by atoms with E-state index in [-0.39, 0.29) is 24.7 Å². The van der Waals surface area contributed by atoms with Gasteiger partial charge in [-0.1, -0.05) is 30.3 Å². The first kappa shape index (κ1) is 23.0. The molecule has 3 aromatic rings. The Morgan fingerprint density at radius 3 is 2.41 bits per heavy atom. The summed E-state index contributed by atoms with van der Waals surface area (Å²) in [6, 6.07) is 16.3. The average Bonchev–Trinajstić information content (AvgIpc) is 3.07. The number of imide groups is 1. The molecule has 1 fully saturated rings. The average molecular weight is 464 g/mol. The lowest BCUT2D eigenvalue weighted by atomic mass is 10.1. The van der Waals surface area contributed by atoms with Gasteiger partial charge in [-0.25, -0.2) is 13.6 Å². The van der Waals surface area contributed by atoms with Gasteiger partial charge < -0.3 is 14.8 Å². The van der Waals surface area contributed by atoms with Crippen molar-refractivity contribution in [1.82, 2.24) is 10.2 Å². The van der Waals surface area contributed by atoms with Crippen LogP contribution < -0.4 is 14.8 Å². The number of carbonyl (C=O) groups excluding carboxylic acids is 2. The van der Waals surface area contributed by atoms with Crippen molar-refractivity contribution in [3.63, 3.8) is 0 Å². The normalized spacial score (nSPS) is 14.4. The van der Waals surface area contributed by atoms with Crippen LogP contribution >= 0.6 is 0 Å². The largest absolute Gasteiger partial charge is 0.490 e. The number of benzene rings is 3. The summed E-state index contributed by atoms with van der Waals surface area (Å²) in [5, 5.41) is 2.57. The van der Waals surface area contributed by atoms with Crippen LogP contribution in [0, 0.1) is 11.6 Å². The van der Waals surface area contributed by atoms with Gasteiger partial charge in [-0.3, -0.25) is 9.69 Å². The van der Waals surface area contributed by atoms with E-state index in [0.717, 1.165) is 4.90 Å². The molecule has 3 amide bonds. The molecule has 34 heavy (non-hydrogen) atoms. The second kappa shape index (κ2) is 10.2. The number of amides is 3. The van der Waals surface area contributed by atoms with Crippen LogP contribution in [0.1, 0.15) is 23.6 Å². The maximum atomic E-state index is 13.4. The lowest BCUT2D eigenvalue weighted by Crippen LogP contribution is -2.30. The first-order valence-corrected chi connectivity index (χ1v) is 10.7. The molecule has 1 aliphatic rings. The van der Waals surface area contributed by atoms with Crippen LogP contribution in [0.15, 0.2) is 72.4 Å². The molecule has 0 unspecified atom stereocenters. The third kappa shape index (κ3) is 5.40. The van der Waals surface area contributed by atoms with Gasteiger partial charge in [0, 0.05) is 0 Å². The Hall–Kier alpha value is -4.20. The summed E-state index contributed by atoms with van der Waals surface area (Å²) in [7, 11) is 0. The maximum absolute atomic E-state index is 13.4. The molecule has 0 saturated carbocycles. The van der Waals surface area contributed by atoms with Crippen LogP contribution in [0.5, 0.6) is 11.5 Å². The van der Waals surface area contributed by atoms with Crippen LogP contribution in [-0.4, -0.2) is 23.4 Å². The molecule has 0 spiro atoms. The number of ether oxygens (including phenoxy) is 2. The molecule has 1 aliphatic heterocycles. The van der Waals surface area contributed by atoms with Gasteiger partial charge >= 0.3 is 6.03 Å². The molecule has 4 rings (SSSR count). The Kier molecular flexibility index (Phi) is 6.87. The second-order valence-corrected chi connectivity index (χ2v) is 7.56.